The number of Topliss-reactive ketones (excluding diaryl/α,β-unsaturated/α-hetero) is 2. The van der Waals surface area contributed by atoms with Gasteiger partial charge in [-0.3, -0.25) is 9.59 Å². The second-order valence-corrected chi connectivity index (χ2v) is 12.1. The number of ether oxygens (including phenoxy) is 1. The zero-order valence-electron chi connectivity index (χ0n) is 13.4. The molecule has 1 saturated carbocycles. The molecule has 3 rings (SSSR count). The van der Waals surface area contributed by atoms with Crippen LogP contribution >= 0.6 is 67.8 Å². The number of carbonyl (C=O) groups excluding carboxylic acids is 2. The van der Waals surface area contributed by atoms with Gasteiger partial charge in [-0.1, -0.05) is 59.0 Å². The molecule has 0 aromatic heterocycles. The molecule has 2 aliphatic carbocycles. The van der Waals surface area contributed by atoms with E-state index in [1.165, 1.54) is 0 Å². The zero-order valence-corrected chi connectivity index (χ0v) is 19.8. The molecule has 0 aromatic carbocycles. The number of hydrogen-bond acceptors (Lipinski definition) is 4. The molecule has 7 heteroatoms. The third-order valence-corrected chi connectivity index (χ3v) is 11.0. The summed E-state index contributed by atoms with van der Waals surface area (Å²) < 4.78 is 5.63. The van der Waals surface area contributed by atoms with Crippen LogP contribution in [0.3, 0.4) is 0 Å². The number of hydrogen-bond donors (Lipinski definition) is 1. The molecule has 1 spiro atoms. The summed E-state index contributed by atoms with van der Waals surface area (Å²) >= 11 is 6.48. The van der Waals surface area contributed by atoms with Crippen molar-refractivity contribution in [3.8, 4) is 0 Å². The molecule has 0 amide bonds. The van der Waals surface area contributed by atoms with Gasteiger partial charge in [0, 0.05) is 15.8 Å². The summed E-state index contributed by atoms with van der Waals surface area (Å²) in [4.78, 5) is 26.6. The van der Waals surface area contributed by atoms with E-state index in [2.05, 4.69) is 45.2 Å². The van der Waals surface area contributed by atoms with Crippen LogP contribution in [0.1, 0.15) is 40.5 Å². The number of ketones is 2. The smallest absolute Gasteiger partial charge is 0.196 e. The average Bonchev–Trinajstić information content (AvgIpc) is 2.82. The SMILES string of the molecule is CC(C)(O)[C@H]1C[C@]23C[C@@H](I)C(C)(C)[C@](I)(C(=O)C(I)=C2O1)C3=O. The monoisotopic (exact) mass is 656 g/mol. The standard InChI is InChI=1S/C16H19I3O4/c1-13(2)7(17)5-15-6-8(14(3,4)22)23-11(15)9(18)10(20)16(13,19)12(15)21/h7-8,22H,5-6H2,1-4H3/t7-,8-,15-,16+/m1/s1. The van der Waals surface area contributed by atoms with Gasteiger partial charge in [0.2, 0.25) is 0 Å². The Balaban J connectivity index is 2.25. The molecule has 2 bridgehead atoms. The second kappa shape index (κ2) is 5.28. The first-order chi connectivity index (χ1) is 10.3. The molecule has 1 heterocycles. The van der Waals surface area contributed by atoms with Gasteiger partial charge in [0.05, 0.1) is 14.6 Å². The van der Waals surface area contributed by atoms with Crippen molar-refractivity contribution in [2.45, 2.75) is 59.6 Å². The third-order valence-electron chi connectivity index (χ3n) is 5.67. The maximum absolute atomic E-state index is 13.5. The van der Waals surface area contributed by atoms with Gasteiger partial charge in [-0.05, 0) is 42.9 Å². The number of halogens is 3. The number of alkyl halides is 2. The summed E-state index contributed by atoms with van der Waals surface area (Å²) in [6.07, 6.45) is 0.638. The normalized spacial score (nSPS) is 42.6. The minimum atomic E-state index is -1.06. The molecule has 4 nitrogen and oxygen atoms in total. The van der Waals surface area contributed by atoms with E-state index in [4.69, 9.17) is 4.74 Å². The first-order valence-electron chi connectivity index (χ1n) is 7.52. The van der Waals surface area contributed by atoms with E-state index in [1.807, 2.05) is 36.4 Å². The molecule has 3 aliphatic rings. The van der Waals surface area contributed by atoms with Crippen LogP contribution in [0.2, 0.25) is 0 Å². The number of allylic oxidation sites excluding steroid dienone is 2. The van der Waals surface area contributed by atoms with Gasteiger partial charge in [0.15, 0.2) is 15.0 Å². The van der Waals surface area contributed by atoms with E-state index >= 15 is 0 Å². The largest absolute Gasteiger partial charge is 0.489 e. The molecule has 1 aliphatic heterocycles. The highest BCUT2D eigenvalue weighted by atomic mass is 127. The maximum Gasteiger partial charge on any atom is 0.196 e. The molecule has 1 saturated heterocycles. The minimum Gasteiger partial charge on any atom is -0.489 e. The number of rotatable bonds is 1. The summed E-state index contributed by atoms with van der Waals surface area (Å²) in [6, 6.07) is 0. The summed E-state index contributed by atoms with van der Waals surface area (Å²) in [5.74, 6) is 0.331. The van der Waals surface area contributed by atoms with Crippen LogP contribution in [0.5, 0.6) is 0 Å². The van der Waals surface area contributed by atoms with Crippen molar-refractivity contribution in [3.05, 3.63) is 9.34 Å². The lowest BCUT2D eigenvalue weighted by atomic mass is 9.53. The van der Waals surface area contributed by atoms with Crippen LogP contribution < -0.4 is 0 Å². The van der Waals surface area contributed by atoms with Crippen LogP contribution in [0.4, 0.5) is 0 Å². The lowest BCUT2D eigenvalue weighted by Crippen LogP contribution is -2.67. The van der Waals surface area contributed by atoms with Crippen molar-refractivity contribution >= 4 is 79.3 Å². The second-order valence-electron chi connectivity index (χ2n) is 7.90. The van der Waals surface area contributed by atoms with Gasteiger partial charge < -0.3 is 9.84 Å². The van der Waals surface area contributed by atoms with E-state index < -0.39 is 26.0 Å². The van der Waals surface area contributed by atoms with E-state index in [9.17, 15) is 14.7 Å². The third kappa shape index (κ3) is 2.20. The quantitative estimate of drug-likeness (QED) is 0.266. The average molecular weight is 656 g/mol. The Morgan fingerprint density at radius 2 is 1.83 bits per heavy atom. The minimum absolute atomic E-state index is 0.0318. The van der Waals surface area contributed by atoms with Crippen LogP contribution in [0, 0.1) is 10.8 Å². The number of carbonyl (C=O) groups is 2. The summed E-state index contributed by atoms with van der Waals surface area (Å²) in [5, 5.41) is 10.4. The lowest BCUT2D eigenvalue weighted by Gasteiger charge is -2.55. The Kier molecular flexibility index (Phi) is 4.31. The Hall–Kier alpha value is 1.03. The van der Waals surface area contributed by atoms with Gasteiger partial charge >= 0.3 is 0 Å². The van der Waals surface area contributed by atoms with Gasteiger partial charge in [0.25, 0.3) is 0 Å². The van der Waals surface area contributed by atoms with Gasteiger partial charge in [0.1, 0.15) is 11.9 Å². The number of fused-ring (bicyclic) bond motifs is 1. The highest BCUT2D eigenvalue weighted by molar-refractivity contribution is 14.1. The van der Waals surface area contributed by atoms with Gasteiger partial charge in [-0.25, -0.2) is 0 Å². The predicted molar refractivity (Wildman–Crippen MR) is 112 cm³/mol. The van der Waals surface area contributed by atoms with Crippen molar-refractivity contribution in [1.29, 1.82) is 0 Å². The summed E-state index contributed by atoms with van der Waals surface area (Å²) in [7, 11) is 0. The van der Waals surface area contributed by atoms with Crippen LogP contribution in [0.25, 0.3) is 0 Å². The molecular weight excluding hydrogens is 637 g/mol. The summed E-state index contributed by atoms with van der Waals surface area (Å²) in [6.45, 7) is 7.41. The van der Waals surface area contributed by atoms with Crippen LogP contribution in [-0.4, -0.2) is 35.7 Å². The fourth-order valence-corrected chi connectivity index (χ4v) is 8.42. The van der Waals surface area contributed by atoms with E-state index in [0.29, 0.717) is 22.2 Å². The molecule has 1 N–H and O–H groups in total. The van der Waals surface area contributed by atoms with Crippen LogP contribution in [0.15, 0.2) is 9.34 Å². The topological polar surface area (TPSA) is 63.6 Å². The Morgan fingerprint density at radius 3 is 2.35 bits per heavy atom. The molecule has 128 valence electrons. The molecule has 0 unspecified atom stereocenters. The highest BCUT2D eigenvalue weighted by Crippen LogP contribution is 2.66. The molecule has 0 aromatic rings. The molecule has 4 atom stereocenters. The molecule has 23 heavy (non-hydrogen) atoms. The van der Waals surface area contributed by atoms with Crippen molar-refractivity contribution in [1.82, 2.24) is 0 Å². The highest BCUT2D eigenvalue weighted by Gasteiger charge is 2.74. The Morgan fingerprint density at radius 1 is 1.26 bits per heavy atom. The zero-order chi connectivity index (χ0) is 17.6. The van der Waals surface area contributed by atoms with Gasteiger partial charge in [-0.15, -0.1) is 0 Å². The first kappa shape index (κ1) is 18.8. The fourth-order valence-electron chi connectivity index (χ4n) is 3.88. The maximum atomic E-state index is 13.5. The predicted octanol–water partition coefficient (Wildman–Crippen LogP) is 3.74. The number of aliphatic hydroxyl groups is 1. The van der Waals surface area contributed by atoms with Gasteiger partial charge in [-0.2, -0.15) is 0 Å². The first-order valence-corrected chi connectivity index (χ1v) is 10.9. The van der Waals surface area contributed by atoms with Crippen LogP contribution in [-0.2, 0) is 14.3 Å². The van der Waals surface area contributed by atoms with E-state index in [-0.39, 0.29) is 15.5 Å². The van der Waals surface area contributed by atoms with Crippen molar-refractivity contribution in [3.63, 3.8) is 0 Å². The molecule has 0 radical (unpaired) electrons. The van der Waals surface area contributed by atoms with E-state index in [1.54, 1.807) is 13.8 Å². The van der Waals surface area contributed by atoms with Crippen molar-refractivity contribution < 1.29 is 19.4 Å². The fraction of sp³-hybridized carbons (Fsp3) is 0.750. The Bertz CT molecular complexity index is 648. The Labute approximate surface area is 177 Å². The van der Waals surface area contributed by atoms with Crippen molar-refractivity contribution in [2.75, 3.05) is 0 Å². The summed E-state index contributed by atoms with van der Waals surface area (Å²) in [5.41, 5.74) is -2.25. The molecule has 2 fully saturated rings. The lowest BCUT2D eigenvalue weighted by molar-refractivity contribution is -0.142. The van der Waals surface area contributed by atoms with Crippen molar-refractivity contribution in [2.24, 2.45) is 10.8 Å². The van der Waals surface area contributed by atoms with E-state index in [0.717, 1.165) is 0 Å². The molecular formula is C16H19I3O4.